The molecule has 2 rings (SSSR count). The number of anilines is 2. The van der Waals surface area contributed by atoms with Crippen LogP contribution in [-0.2, 0) is 4.79 Å². The van der Waals surface area contributed by atoms with E-state index in [1.54, 1.807) is 25.3 Å². The predicted octanol–water partition coefficient (Wildman–Crippen LogP) is 3.79. The number of nitrogens with one attached hydrogen (secondary N) is 2. The fourth-order valence-electron chi connectivity index (χ4n) is 1.87. The molecule has 2 aromatic carbocycles. The summed E-state index contributed by atoms with van der Waals surface area (Å²) in [6.45, 7) is 0.554. The Kier molecular flexibility index (Phi) is 5.46. The van der Waals surface area contributed by atoms with Gasteiger partial charge in [-0.3, -0.25) is 4.79 Å². The summed E-state index contributed by atoms with van der Waals surface area (Å²) < 4.78 is 5.19. The van der Waals surface area contributed by atoms with Gasteiger partial charge in [-0.1, -0.05) is 29.8 Å². The third kappa shape index (κ3) is 4.68. The zero-order valence-corrected chi connectivity index (χ0v) is 12.5. The van der Waals surface area contributed by atoms with Crippen molar-refractivity contribution >= 4 is 28.9 Å². The van der Waals surface area contributed by atoms with E-state index in [0.29, 0.717) is 29.4 Å². The third-order valence-corrected chi connectivity index (χ3v) is 3.13. The van der Waals surface area contributed by atoms with Gasteiger partial charge in [-0.15, -0.1) is 0 Å². The Bertz CT molecular complexity index is 602. The molecule has 0 aliphatic rings. The maximum Gasteiger partial charge on any atom is 0.226 e. The summed E-state index contributed by atoms with van der Waals surface area (Å²) in [5.41, 5.74) is 1.57. The van der Waals surface area contributed by atoms with Crippen molar-refractivity contribution in [3.8, 4) is 5.75 Å². The normalized spacial score (nSPS) is 10.0. The Morgan fingerprint density at radius 2 is 1.95 bits per heavy atom. The molecule has 0 atom stereocenters. The Morgan fingerprint density at radius 3 is 2.67 bits per heavy atom. The Balaban J connectivity index is 1.86. The second-order valence-corrected chi connectivity index (χ2v) is 4.87. The van der Waals surface area contributed by atoms with Gasteiger partial charge in [-0.05, 0) is 30.3 Å². The number of amides is 1. The van der Waals surface area contributed by atoms with Crippen LogP contribution in [0.4, 0.5) is 11.4 Å². The van der Waals surface area contributed by atoms with E-state index < -0.39 is 0 Å². The monoisotopic (exact) mass is 304 g/mol. The highest BCUT2D eigenvalue weighted by molar-refractivity contribution is 6.31. The number of hydrogen-bond acceptors (Lipinski definition) is 3. The molecule has 0 saturated carbocycles. The number of carbonyl (C=O) groups excluding carboxylic acids is 1. The zero-order chi connectivity index (χ0) is 15.1. The molecule has 0 bridgehead atoms. The molecule has 1 amide bonds. The lowest BCUT2D eigenvalue weighted by molar-refractivity contribution is -0.115. The number of hydrogen-bond donors (Lipinski definition) is 2. The maximum atomic E-state index is 11.9. The van der Waals surface area contributed by atoms with Crippen molar-refractivity contribution in [2.45, 2.75) is 6.42 Å². The van der Waals surface area contributed by atoms with Crippen molar-refractivity contribution in [3.63, 3.8) is 0 Å². The van der Waals surface area contributed by atoms with Crippen LogP contribution in [-0.4, -0.2) is 19.6 Å². The summed E-state index contributed by atoms with van der Waals surface area (Å²) in [4.78, 5) is 11.9. The average Bonchev–Trinajstić information content (AvgIpc) is 2.48. The molecule has 4 nitrogen and oxygen atoms in total. The maximum absolute atomic E-state index is 11.9. The molecule has 0 unspecified atom stereocenters. The van der Waals surface area contributed by atoms with Crippen molar-refractivity contribution in [1.82, 2.24) is 0 Å². The number of carbonyl (C=O) groups is 1. The molecule has 2 N–H and O–H groups in total. The lowest BCUT2D eigenvalue weighted by Gasteiger charge is -2.11. The summed E-state index contributed by atoms with van der Waals surface area (Å²) in [5, 5.41) is 6.53. The summed E-state index contributed by atoms with van der Waals surface area (Å²) in [7, 11) is 1.55. The lowest BCUT2D eigenvalue weighted by atomic mass is 10.2. The molecule has 5 heteroatoms. The van der Waals surface area contributed by atoms with Gasteiger partial charge in [-0.2, -0.15) is 0 Å². The first-order chi connectivity index (χ1) is 10.2. The quantitative estimate of drug-likeness (QED) is 0.853. The highest BCUT2D eigenvalue weighted by atomic mass is 35.5. The first-order valence-corrected chi connectivity index (χ1v) is 6.99. The minimum atomic E-state index is -0.0982. The minimum Gasteiger partial charge on any atom is -0.495 e. The molecular formula is C16H17ClN2O2. The van der Waals surface area contributed by atoms with Crippen molar-refractivity contribution in [2.75, 3.05) is 24.3 Å². The smallest absolute Gasteiger partial charge is 0.226 e. The molecule has 21 heavy (non-hydrogen) atoms. The van der Waals surface area contributed by atoms with E-state index in [1.807, 2.05) is 30.3 Å². The topological polar surface area (TPSA) is 50.4 Å². The van der Waals surface area contributed by atoms with Crippen LogP contribution in [0.2, 0.25) is 5.02 Å². The fraction of sp³-hybridized carbons (Fsp3) is 0.188. The van der Waals surface area contributed by atoms with Crippen LogP contribution in [0.25, 0.3) is 0 Å². The van der Waals surface area contributed by atoms with Crippen LogP contribution in [0.3, 0.4) is 0 Å². The molecule has 0 spiro atoms. The summed E-state index contributed by atoms with van der Waals surface area (Å²) >= 11 is 5.92. The van der Waals surface area contributed by atoms with Crippen molar-refractivity contribution < 1.29 is 9.53 Å². The van der Waals surface area contributed by atoms with E-state index in [2.05, 4.69) is 10.6 Å². The zero-order valence-electron chi connectivity index (χ0n) is 11.7. The molecule has 110 valence electrons. The highest BCUT2D eigenvalue weighted by Gasteiger charge is 2.08. The van der Waals surface area contributed by atoms with Gasteiger partial charge < -0.3 is 15.4 Å². The Hall–Kier alpha value is -2.20. The molecule has 0 aliphatic carbocycles. The number of rotatable bonds is 6. The van der Waals surface area contributed by atoms with E-state index in [0.717, 1.165) is 5.69 Å². The van der Waals surface area contributed by atoms with Crippen LogP contribution in [0.15, 0.2) is 48.5 Å². The summed E-state index contributed by atoms with van der Waals surface area (Å²) in [6.07, 6.45) is 0.352. The largest absolute Gasteiger partial charge is 0.495 e. The van der Waals surface area contributed by atoms with Crippen LogP contribution < -0.4 is 15.4 Å². The molecule has 2 aromatic rings. The summed E-state index contributed by atoms with van der Waals surface area (Å²) in [5.74, 6) is 0.489. The second-order valence-electron chi connectivity index (χ2n) is 4.44. The molecule has 0 aromatic heterocycles. The molecule has 0 radical (unpaired) electrons. The van der Waals surface area contributed by atoms with E-state index in [-0.39, 0.29) is 5.91 Å². The first-order valence-electron chi connectivity index (χ1n) is 6.61. The molecule has 0 saturated heterocycles. The van der Waals surface area contributed by atoms with Crippen LogP contribution in [0.5, 0.6) is 5.75 Å². The first kappa shape index (κ1) is 15.2. The number of ether oxygens (including phenoxy) is 1. The fourth-order valence-corrected chi connectivity index (χ4v) is 2.04. The van der Waals surface area contributed by atoms with Crippen molar-refractivity contribution in [3.05, 3.63) is 53.6 Å². The Morgan fingerprint density at radius 1 is 1.19 bits per heavy atom. The molecule has 0 fully saturated rings. The van der Waals surface area contributed by atoms with Gasteiger partial charge in [0.1, 0.15) is 5.75 Å². The van der Waals surface area contributed by atoms with Crippen molar-refractivity contribution in [2.24, 2.45) is 0 Å². The van der Waals surface area contributed by atoms with Crippen LogP contribution >= 0.6 is 11.6 Å². The van der Waals surface area contributed by atoms with Gasteiger partial charge in [0.2, 0.25) is 5.91 Å². The third-order valence-electron chi connectivity index (χ3n) is 2.89. The molecule has 0 aliphatic heterocycles. The van der Waals surface area contributed by atoms with Crippen molar-refractivity contribution in [1.29, 1.82) is 0 Å². The number of benzene rings is 2. The van der Waals surface area contributed by atoms with Gasteiger partial charge in [0.05, 0.1) is 12.8 Å². The highest BCUT2D eigenvalue weighted by Crippen LogP contribution is 2.27. The van der Waals surface area contributed by atoms with Gasteiger partial charge in [0, 0.05) is 23.7 Å². The Labute approximate surface area is 129 Å². The van der Waals surface area contributed by atoms with Crippen LogP contribution in [0.1, 0.15) is 6.42 Å². The van der Waals surface area contributed by atoms with E-state index in [1.165, 1.54) is 0 Å². The lowest BCUT2D eigenvalue weighted by Crippen LogP contribution is -2.16. The summed E-state index contributed by atoms with van der Waals surface area (Å²) in [6, 6.07) is 14.9. The second kappa shape index (κ2) is 7.55. The standard InChI is InChI=1S/C16H17ClN2O2/c1-21-15-8-7-12(17)11-14(15)19-16(20)9-10-18-13-5-3-2-4-6-13/h2-8,11,18H,9-10H2,1H3,(H,19,20). The SMILES string of the molecule is COc1ccc(Cl)cc1NC(=O)CCNc1ccccc1. The number of para-hydroxylation sites is 1. The van der Waals surface area contributed by atoms with Crippen LogP contribution in [0, 0.1) is 0 Å². The molecular weight excluding hydrogens is 288 g/mol. The number of halogens is 1. The molecule has 0 heterocycles. The van der Waals surface area contributed by atoms with Gasteiger partial charge in [-0.25, -0.2) is 0 Å². The van der Waals surface area contributed by atoms with Gasteiger partial charge in [0.25, 0.3) is 0 Å². The van der Waals surface area contributed by atoms with Gasteiger partial charge in [0.15, 0.2) is 0 Å². The van der Waals surface area contributed by atoms with E-state index in [4.69, 9.17) is 16.3 Å². The minimum absolute atomic E-state index is 0.0982. The van der Waals surface area contributed by atoms with Gasteiger partial charge >= 0.3 is 0 Å². The predicted molar refractivity (Wildman–Crippen MR) is 86.2 cm³/mol. The number of methoxy groups -OCH3 is 1. The van der Waals surface area contributed by atoms with E-state index >= 15 is 0 Å². The van der Waals surface area contributed by atoms with E-state index in [9.17, 15) is 4.79 Å². The average molecular weight is 305 g/mol.